The molecule has 0 unspecified atom stereocenters. The van der Waals surface area contributed by atoms with Crippen LogP contribution in [0, 0.1) is 46.8 Å². The molecule has 0 radical (unpaired) electrons. The SMILES string of the molecule is CCCCCC(C)C.[Nd]. The Kier molecular flexibility index (Phi) is 13.5. The maximum Gasteiger partial charge on any atom is 0 e. The van der Waals surface area contributed by atoms with Crippen molar-refractivity contribution in [2.24, 2.45) is 5.92 Å². The van der Waals surface area contributed by atoms with Gasteiger partial charge < -0.3 is 0 Å². The van der Waals surface area contributed by atoms with E-state index in [1.54, 1.807) is 0 Å². The van der Waals surface area contributed by atoms with Crippen molar-refractivity contribution in [1.29, 1.82) is 0 Å². The first kappa shape index (κ1) is 13.0. The molecule has 0 fully saturated rings. The molecular weight excluding hydrogens is 240 g/mol. The van der Waals surface area contributed by atoms with E-state index in [1.165, 1.54) is 25.7 Å². The summed E-state index contributed by atoms with van der Waals surface area (Å²) in [7, 11) is 0. The van der Waals surface area contributed by atoms with Gasteiger partial charge in [0.1, 0.15) is 0 Å². The van der Waals surface area contributed by atoms with Crippen LogP contribution in [0.4, 0.5) is 0 Å². The number of hydrogen-bond donors (Lipinski definition) is 0. The monoisotopic (exact) mass is 256 g/mol. The second-order valence-corrected chi connectivity index (χ2v) is 2.89. The summed E-state index contributed by atoms with van der Waals surface area (Å²) >= 11 is 0. The van der Waals surface area contributed by atoms with Crippen molar-refractivity contribution in [3.63, 3.8) is 0 Å². The Labute approximate surface area is 92.3 Å². The molecule has 0 atom stereocenters. The predicted octanol–water partition coefficient (Wildman–Crippen LogP) is 3.22. The summed E-state index contributed by atoms with van der Waals surface area (Å²) in [5, 5.41) is 0. The minimum atomic E-state index is 0. The molecule has 0 saturated heterocycles. The maximum atomic E-state index is 2.29. The number of hydrogen-bond acceptors (Lipinski definition) is 0. The molecule has 0 aromatic heterocycles. The molecule has 0 aromatic carbocycles. The van der Waals surface area contributed by atoms with Crippen molar-refractivity contribution in [2.45, 2.75) is 46.5 Å². The fraction of sp³-hybridized carbons (Fsp3) is 1.00. The molecule has 0 rings (SSSR count). The zero-order chi connectivity index (χ0) is 6.41. The van der Waals surface area contributed by atoms with E-state index in [9.17, 15) is 0 Å². The van der Waals surface area contributed by atoms with E-state index in [0.717, 1.165) is 5.92 Å². The summed E-state index contributed by atoms with van der Waals surface area (Å²) in [5.74, 6) is 0.904. The van der Waals surface area contributed by atoms with E-state index in [0.29, 0.717) is 0 Å². The van der Waals surface area contributed by atoms with E-state index in [1.807, 2.05) is 0 Å². The number of unbranched alkanes of at least 4 members (excludes halogenated alkanes) is 2. The van der Waals surface area contributed by atoms with Gasteiger partial charge in [-0.3, -0.25) is 0 Å². The molecule has 0 spiro atoms. The van der Waals surface area contributed by atoms with Crippen molar-refractivity contribution in [2.75, 3.05) is 0 Å². The van der Waals surface area contributed by atoms with Crippen LogP contribution in [-0.4, -0.2) is 0 Å². The summed E-state index contributed by atoms with van der Waals surface area (Å²) in [6.45, 7) is 6.83. The molecular formula is C8H18Nd. The molecule has 0 amide bonds. The third-order valence-electron chi connectivity index (χ3n) is 1.39. The van der Waals surface area contributed by atoms with Gasteiger partial charge >= 0.3 is 0 Å². The summed E-state index contributed by atoms with van der Waals surface area (Å²) in [4.78, 5) is 0. The summed E-state index contributed by atoms with van der Waals surface area (Å²) < 4.78 is 0. The van der Waals surface area contributed by atoms with Gasteiger partial charge in [-0.15, -0.1) is 0 Å². The average molecular weight is 258 g/mol. The van der Waals surface area contributed by atoms with Gasteiger partial charge in [0.2, 0.25) is 0 Å². The summed E-state index contributed by atoms with van der Waals surface area (Å²) in [6.07, 6.45) is 5.60. The van der Waals surface area contributed by atoms with Gasteiger partial charge in [-0.25, -0.2) is 0 Å². The first-order chi connectivity index (χ1) is 3.77. The third kappa shape index (κ3) is 12.5. The van der Waals surface area contributed by atoms with E-state index < -0.39 is 0 Å². The minimum absolute atomic E-state index is 0. The van der Waals surface area contributed by atoms with Crippen LogP contribution in [0.2, 0.25) is 0 Å². The molecule has 0 aromatic rings. The Morgan fingerprint density at radius 3 is 2.00 bits per heavy atom. The smallest absolute Gasteiger partial charge is 0 e. The van der Waals surface area contributed by atoms with E-state index in [2.05, 4.69) is 20.8 Å². The Bertz CT molecular complexity index is 41.8. The summed E-state index contributed by atoms with van der Waals surface area (Å²) in [6, 6.07) is 0. The zero-order valence-corrected chi connectivity index (χ0v) is 10.1. The Morgan fingerprint density at radius 1 is 1.11 bits per heavy atom. The van der Waals surface area contributed by atoms with E-state index in [4.69, 9.17) is 0 Å². The molecule has 0 aliphatic carbocycles. The fourth-order valence-corrected chi connectivity index (χ4v) is 0.803. The Balaban J connectivity index is 0. The van der Waals surface area contributed by atoms with Gasteiger partial charge in [-0.1, -0.05) is 46.5 Å². The van der Waals surface area contributed by atoms with Gasteiger partial charge in [-0.2, -0.15) is 0 Å². The second kappa shape index (κ2) is 9.35. The van der Waals surface area contributed by atoms with Crippen molar-refractivity contribution in [3.05, 3.63) is 0 Å². The van der Waals surface area contributed by atoms with Gasteiger partial charge in [0.05, 0.1) is 0 Å². The second-order valence-electron chi connectivity index (χ2n) is 2.89. The Morgan fingerprint density at radius 2 is 1.67 bits per heavy atom. The first-order valence-electron chi connectivity index (χ1n) is 3.77. The van der Waals surface area contributed by atoms with Crippen molar-refractivity contribution in [1.82, 2.24) is 0 Å². The van der Waals surface area contributed by atoms with Crippen LogP contribution >= 0.6 is 0 Å². The van der Waals surface area contributed by atoms with Gasteiger partial charge in [-0.05, 0) is 5.92 Å². The van der Waals surface area contributed by atoms with Crippen LogP contribution in [0.15, 0.2) is 0 Å². The minimum Gasteiger partial charge on any atom is -0.0654 e. The Hall–Kier alpha value is 1.35. The molecule has 0 heterocycles. The normalized spacial score (nSPS) is 9.33. The zero-order valence-electron chi connectivity index (χ0n) is 6.91. The quantitative estimate of drug-likeness (QED) is 0.679. The largest absolute Gasteiger partial charge is 0.0654 e. The van der Waals surface area contributed by atoms with Gasteiger partial charge in [0, 0.05) is 40.8 Å². The fourth-order valence-electron chi connectivity index (χ4n) is 0.803. The molecule has 54 valence electrons. The van der Waals surface area contributed by atoms with E-state index in [-0.39, 0.29) is 40.8 Å². The van der Waals surface area contributed by atoms with Gasteiger partial charge in [0.15, 0.2) is 0 Å². The van der Waals surface area contributed by atoms with Crippen LogP contribution in [0.5, 0.6) is 0 Å². The summed E-state index contributed by atoms with van der Waals surface area (Å²) in [5.41, 5.74) is 0. The van der Waals surface area contributed by atoms with E-state index >= 15 is 0 Å². The van der Waals surface area contributed by atoms with Crippen molar-refractivity contribution < 1.29 is 40.8 Å². The molecule has 0 nitrogen and oxygen atoms in total. The van der Waals surface area contributed by atoms with Crippen LogP contribution in [0.1, 0.15) is 46.5 Å². The predicted molar refractivity (Wildman–Crippen MR) is 39.0 cm³/mol. The van der Waals surface area contributed by atoms with Crippen molar-refractivity contribution >= 4 is 0 Å². The van der Waals surface area contributed by atoms with Crippen LogP contribution in [0.25, 0.3) is 0 Å². The molecule has 0 saturated carbocycles. The molecule has 0 aliphatic heterocycles. The van der Waals surface area contributed by atoms with Crippen LogP contribution in [-0.2, 0) is 0 Å². The van der Waals surface area contributed by atoms with Gasteiger partial charge in [0.25, 0.3) is 0 Å². The topological polar surface area (TPSA) is 0 Å². The average Bonchev–Trinajstić information content (AvgIpc) is 1.66. The molecule has 0 N–H and O–H groups in total. The first-order valence-corrected chi connectivity index (χ1v) is 3.77. The molecule has 0 bridgehead atoms. The maximum absolute atomic E-state index is 2.29. The van der Waals surface area contributed by atoms with Crippen LogP contribution in [0.3, 0.4) is 0 Å². The number of rotatable bonds is 4. The molecule has 9 heavy (non-hydrogen) atoms. The third-order valence-corrected chi connectivity index (χ3v) is 1.39. The molecule has 1 heteroatoms. The standard InChI is InChI=1S/C8H18.Nd/c1-4-5-6-7-8(2)3;/h8H,4-7H2,1-3H3;. The molecule has 0 aliphatic rings. The van der Waals surface area contributed by atoms with Crippen molar-refractivity contribution in [3.8, 4) is 0 Å². The van der Waals surface area contributed by atoms with Crippen LogP contribution < -0.4 is 0 Å².